The van der Waals surface area contributed by atoms with E-state index in [0.29, 0.717) is 19.1 Å². The molecule has 5 heteroatoms. The minimum atomic E-state index is -0.686. The van der Waals surface area contributed by atoms with Gasteiger partial charge in [0, 0.05) is 18.8 Å². The zero-order valence-corrected chi connectivity index (χ0v) is 18.3. The van der Waals surface area contributed by atoms with Gasteiger partial charge in [0.05, 0.1) is 0 Å². The molecule has 1 amide bonds. The topological polar surface area (TPSA) is 50.8 Å². The van der Waals surface area contributed by atoms with Gasteiger partial charge in [0.25, 0.3) is 5.91 Å². The molecule has 1 aliphatic heterocycles. The second kappa shape index (κ2) is 11.0. The zero-order valence-electron chi connectivity index (χ0n) is 18.3. The fourth-order valence-corrected chi connectivity index (χ4v) is 4.71. The Balaban J connectivity index is 1.49. The van der Waals surface area contributed by atoms with Crippen LogP contribution in [0, 0.1) is 5.92 Å². The highest BCUT2D eigenvalue weighted by Crippen LogP contribution is 2.36. The highest BCUT2D eigenvalue weighted by atomic mass is 16.5. The van der Waals surface area contributed by atoms with E-state index >= 15 is 0 Å². The molecule has 1 aliphatic carbocycles. The van der Waals surface area contributed by atoms with E-state index in [1.807, 2.05) is 31.2 Å². The first-order chi connectivity index (χ1) is 14.1. The van der Waals surface area contributed by atoms with Crippen LogP contribution in [0.4, 0.5) is 5.69 Å². The molecule has 1 aromatic rings. The summed E-state index contributed by atoms with van der Waals surface area (Å²) in [6, 6.07) is 7.72. The molecule has 162 valence electrons. The van der Waals surface area contributed by atoms with Crippen LogP contribution in [-0.2, 0) is 9.53 Å². The lowest BCUT2D eigenvalue weighted by atomic mass is 9.78. The van der Waals surface area contributed by atoms with Gasteiger partial charge in [0.2, 0.25) is 0 Å². The van der Waals surface area contributed by atoms with E-state index in [2.05, 4.69) is 17.1 Å². The summed E-state index contributed by atoms with van der Waals surface area (Å²) in [7, 11) is 0. The number of nitrogens with zero attached hydrogens (tertiary/aromatic N) is 1. The molecule has 1 aromatic carbocycles. The Hall–Kier alpha value is -1.59. The van der Waals surface area contributed by atoms with Crippen molar-refractivity contribution in [1.29, 1.82) is 0 Å². The van der Waals surface area contributed by atoms with Crippen LogP contribution < -0.4 is 10.1 Å². The Morgan fingerprint density at radius 2 is 1.86 bits per heavy atom. The second-order valence-corrected chi connectivity index (χ2v) is 8.71. The predicted octanol–water partition coefficient (Wildman–Crippen LogP) is 4.87. The first-order valence-electron chi connectivity index (χ1n) is 11.5. The van der Waals surface area contributed by atoms with Crippen molar-refractivity contribution >= 4 is 11.6 Å². The number of benzene rings is 1. The summed E-state index contributed by atoms with van der Waals surface area (Å²) in [5, 5.41) is 3.07. The molecule has 0 aromatic heterocycles. The van der Waals surface area contributed by atoms with E-state index in [4.69, 9.17) is 9.47 Å². The van der Waals surface area contributed by atoms with E-state index in [9.17, 15) is 4.79 Å². The van der Waals surface area contributed by atoms with Gasteiger partial charge in [-0.3, -0.25) is 9.69 Å². The van der Waals surface area contributed by atoms with E-state index in [1.165, 1.54) is 45.2 Å². The standard InChI is InChI=1S/C24H38N2O3/c1-3-29-24(14-8-9-20(2)19-24)23(27)25-21-10-12-22(13-11-21)28-18-17-26-15-6-4-5-7-16-26/h10-13,20H,3-9,14-19H2,1-2H3,(H,25,27)/t20-,24+/m1/s1. The molecule has 1 N–H and O–H groups in total. The number of carbonyl (C=O) groups excluding carboxylic acids is 1. The average Bonchev–Trinajstić information content (AvgIpc) is 2.98. The molecule has 0 radical (unpaired) electrons. The number of amides is 1. The molecule has 29 heavy (non-hydrogen) atoms. The number of anilines is 1. The van der Waals surface area contributed by atoms with Gasteiger partial charge in [0.1, 0.15) is 18.0 Å². The van der Waals surface area contributed by atoms with Crippen molar-refractivity contribution in [2.45, 2.75) is 70.8 Å². The van der Waals surface area contributed by atoms with E-state index in [0.717, 1.165) is 37.2 Å². The summed E-state index contributed by atoms with van der Waals surface area (Å²) in [5.41, 5.74) is 0.113. The van der Waals surface area contributed by atoms with Crippen LogP contribution in [0.15, 0.2) is 24.3 Å². The largest absolute Gasteiger partial charge is 0.492 e. The number of carbonyl (C=O) groups is 1. The third kappa shape index (κ3) is 6.45. The van der Waals surface area contributed by atoms with Crippen molar-refractivity contribution in [3.63, 3.8) is 0 Å². The molecule has 1 saturated carbocycles. The Bertz CT molecular complexity index is 622. The third-order valence-electron chi connectivity index (χ3n) is 6.28. The Morgan fingerprint density at radius 1 is 1.14 bits per heavy atom. The second-order valence-electron chi connectivity index (χ2n) is 8.71. The quantitative estimate of drug-likeness (QED) is 0.674. The van der Waals surface area contributed by atoms with E-state index in [-0.39, 0.29) is 5.91 Å². The number of ether oxygens (including phenoxy) is 2. The summed E-state index contributed by atoms with van der Waals surface area (Å²) in [6.07, 6.45) is 9.12. The maximum Gasteiger partial charge on any atom is 0.256 e. The monoisotopic (exact) mass is 402 g/mol. The molecule has 2 aliphatic rings. The predicted molar refractivity (Wildman–Crippen MR) is 117 cm³/mol. The van der Waals surface area contributed by atoms with Crippen LogP contribution >= 0.6 is 0 Å². The lowest BCUT2D eigenvalue weighted by Gasteiger charge is -2.38. The third-order valence-corrected chi connectivity index (χ3v) is 6.28. The average molecular weight is 403 g/mol. The van der Waals surface area contributed by atoms with Crippen molar-refractivity contribution in [3.8, 4) is 5.75 Å². The van der Waals surface area contributed by atoms with Gasteiger partial charge < -0.3 is 14.8 Å². The van der Waals surface area contributed by atoms with Gasteiger partial charge in [-0.25, -0.2) is 0 Å². The van der Waals surface area contributed by atoms with Crippen molar-refractivity contribution in [3.05, 3.63) is 24.3 Å². The maximum absolute atomic E-state index is 13.0. The molecule has 1 saturated heterocycles. The van der Waals surface area contributed by atoms with Crippen LogP contribution in [0.2, 0.25) is 0 Å². The zero-order chi connectivity index (χ0) is 20.5. The van der Waals surface area contributed by atoms with Gasteiger partial charge >= 0.3 is 0 Å². The molecule has 1 heterocycles. The number of nitrogens with one attached hydrogen (secondary N) is 1. The summed E-state index contributed by atoms with van der Waals surface area (Å²) in [5.74, 6) is 1.35. The number of likely N-dealkylation sites (tertiary alicyclic amines) is 1. The maximum atomic E-state index is 13.0. The highest BCUT2D eigenvalue weighted by molar-refractivity contribution is 5.97. The summed E-state index contributed by atoms with van der Waals surface area (Å²) in [4.78, 5) is 15.5. The molecular formula is C24H38N2O3. The lowest BCUT2D eigenvalue weighted by molar-refractivity contribution is -0.147. The van der Waals surface area contributed by atoms with Crippen LogP contribution in [0.5, 0.6) is 5.75 Å². The molecule has 2 atom stereocenters. The Labute approximate surface area is 176 Å². The SMILES string of the molecule is CCO[C@@]1(C(=O)Nc2ccc(OCCN3CCCCCC3)cc2)CCC[C@@H](C)C1. The first kappa shape index (κ1) is 22.1. The lowest BCUT2D eigenvalue weighted by Crippen LogP contribution is -2.48. The van der Waals surface area contributed by atoms with Crippen LogP contribution in [-0.4, -0.2) is 49.3 Å². The van der Waals surface area contributed by atoms with Crippen LogP contribution in [0.1, 0.15) is 65.2 Å². The van der Waals surface area contributed by atoms with Crippen molar-refractivity contribution in [2.24, 2.45) is 5.92 Å². The summed E-state index contributed by atoms with van der Waals surface area (Å²) < 4.78 is 11.9. The van der Waals surface area contributed by atoms with Crippen molar-refractivity contribution in [2.75, 3.05) is 38.2 Å². The number of hydrogen-bond acceptors (Lipinski definition) is 4. The smallest absolute Gasteiger partial charge is 0.256 e. The van der Waals surface area contributed by atoms with Crippen molar-refractivity contribution < 1.29 is 14.3 Å². The van der Waals surface area contributed by atoms with Crippen LogP contribution in [0.3, 0.4) is 0 Å². The van der Waals surface area contributed by atoms with Gasteiger partial charge in [-0.1, -0.05) is 26.2 Å². The molecule has 2 fully saturated rings. The van der Waals surface area contributed by atoms with Crippen molar-refractivity contribution in [1.82, 2.24) is 4.90 Å². The first-order valence-corrected chi connectivity index (χ1v) is 11.5. The van der Waals surface area contributed by atoms with Gasteiger partial charge in [-0.15, -0.1) is 0 Å². The fourth-order valence-electron chi connectivity index (χ4n) is 4.71. The molecule has 0 bridgehead atoms. The molecular weight excluding hydrogens is 364 g/mol. The minimum Gasteiger partial charge on any atom is -0.492 e. The Kier molecular flexibility index (Phi) is 8.37. The molecule has 0 unspecified atom stereocenters. The normalized spacial score (nSPS) is 25.9. The van der Waals surface area contributed by atoms with Gasteiger partial charge in [-0.2, -0.15) is 0 Å². The number of rotatable bonds is 8. The Morgan fingerprint density at radius 3 is 2.52 bits per heavy atom. The van der Waals surface area contributed by atoms with E-state index in [1.54, 1.807) is 0 Å². The number of hydrogen-bond donors (Lipinski definition) is 1. The highest BCUT2D eigenvalue weighted by Gasteiger charge is 2.42. The molecule has 3 rings (SSSR count). The molecule has 0 spiro atoms. The summed E-state index contributed by atoms with van der Waals surface area (Å²) in [6.45, 7) is 8.79. The van der Waals surface area contributed by atoms with E-state index < -0.39 is 5.60 Å². The minimum absolute atomic E-state index is 0.0132. The van der Waals surface area contributed by atoms with Gasteiger partial charge in [0.15, 0.2) is 0 Å². The van der Waals surface area contributed by atoms with Gasteiger partial charge in [-0.05, 0) is 82.3 Å². The molecule has 5 nitrogen and oxygen atoms in total. The summed E-state index contributed by atoms with van der Waals surface area (Å²) >= 11 is 0. The van der Waals surface area contributed by atoms with Crippen LogP contribution in [0.25, 0.3) is 0 Å². The fraction of sp³-hybridized carbons (Fsp3) is 0.708.